The van der Waals surface area contributed by atoms with E-state index in [4.69, 9.17) is 14.2 Å². The fourth-order valence-corrected chi connectivity index (χ4v) is 2.54. The van der Waals surface area contributed by atoms with Crippen molar-refractivity contribution in [2.24, 2.45) is 0 Å². The van der Waals surface area contributed by atoms with Crippen molar-refractivity contribution in [1.29, 1.82) is 0 Å². The predicted molar refractivity (Wildman–Crippen MR) is 112 cm³/mol. The van der Waals surface area contributed by atoms with Gasteiger partial charge in [-0.3, -0.25) is 9.59 Å². The van der Waals surface area contributed by atoms with Crippen molar-refractivity contribution < 1.29 is 37.0 Å². The number of carbonyl (C=O) groups is 2. The number of rotatable bonds is 10. The van der Waals surface area contributed by atoms with Crippen LogP contribution in [-0.2, 0) is 16.0 Å². The van der Waals surface area contributed by atoms with Gasteiger partial charge in [0.2, 0.25) is 5.91 Å². The molecule has 7 nitrogen and oxygen atoms in total. The molecular formula is C22H25F3N2O5. The smallest absolute Gasteiger partial charge is 0.422 e. The van der Waals surface area contributed by atoms with Crippen molar-refractivity contribution in [2.75, 3.05) is 39.7 Å². The molecule has 0 radical (unpaired) electrons. The summed E-state index contributed by atoms with van der Waals surface area (Å²) >= 11 is 0. The topological polar surface area (TPSA) is 77.1 Å². The Bertz CT molecular complexity index is 915. The van der Waals surface area contributed by atoms with Crippen LogP contribution in [0.25, 0.3) is 0 Å². The Kier molecular flexibility index (Phi) is 8.74. The molecule has 2 amide bonds. The number of hydrogen-bond acceptors (Lipinski definition) is 5. The second-order valence-electron chi connectivity index (χ2n) is 7.04. The summed E-state index contributed by atoms with van der Waals surface area (Å²) in [6.07, 6.45) is -3.94. The molecule has 0 unspecified atom stereocenters. The largest absolute Gasteiger partial charge is 0.493 e. The highest BCUT2D eigenvalue weighted by atomic mass is 19.4. The molecule has 32 heavy (non-hydrogen) atoms. The van der Waals surface area contributed by atoms with Gasteiger partial charge in [-0.2, -0.15) is 13.2 Å². The normalized spacial score (nSPS) is 10.9. The van der Waals surface area contributed by atoms with Crippen molar-refractivity contribution in [3.05, 3.63) is 48.0 Å². The predicted octanol–water partition coefficient (Wildman–Crippen LogP) is 3.67. The minimum atomic E-state index is -4.45. The molecule has 0 spiro atoms. The summed E-state index contributed by atoms with van der Waals surface area (Å²) in [6, 6.07) is 11.1. The van der Waals surface area contributed by atoms with Crippen LogP contribution in [0.4, 0.5) is 18.9 Å². The molecule has 0 heterocycles. The van der Waals surface area contributed by atoms with Gasteiger partial charge in [0.1, 0.15) is 5.75 Å². The van der Waals surface area contributed by atoms with Gasteiger partial charge in [0, 0.05) is 26.2 Å². The van der Waals surface area contributed by atoms with Gasteiger partial charge in [-0.15, -0.1) is 0 Å². The van der Waals surface area contributed by atoms with Crippen LogP contribution >= 0.6 is 0 Å². The second-order valence-corrected chi connectivity index (χ2v) is 7.04. The number of aryl methyl sites for hydroxylation is 1. The number of halogens is 3. The van der Waals surface area contributed by atoms with E-state index in [0.717, 1.165) is 0 Å². The van der Waals surface area contributed by atoms with Crippen molar-refractivity contribution in [1.82, 2.24) is 4.90 Å². The zero-order valence-electron chi connectivity index (χ0n) is 18.0. The lowest BCUT2D eigenvalue weighted by Gasteiger charge is -2.13. The Morgan fingerprint density at radius 3 is 2.28 bits per heavy atom. The SMILES string of the molecule is COc1cc(CCC(=O)Nc2ccc(OCC(=O)N(C)C)cc2)ccc1OCC(F)(F)F. The summed E-state index contributed by atoms with van der Waals surface area (Å²) in [5, 5.41) is 2.75. The number of methoxy groups -OCH3 is 1. The summed E-state index contributed by atoms with van der Waals surface area (Å²) in [6.45, 7) is -1.50. The molecule has 0 saturated heterocycles. The van der Waals surface area contributed by atoms with Crippen molar-refractivity contribution in [3.63, 3.8) is 0 Å². The Balaban J connectivity index is 1.85. The fourth-order valence-electron chi connectivity index (χ4n) is 2.54. The summed E-state index contributed by atoms with van der Waals surface area (Å²) in [5.41, 5.74) is 1.28. The summed E-state index contributed by atoms with van der Waals surface area (Å²) < 4.78 is 52.2. The molecule has 0 bridgehead atoms. The Hall–Kier alpha value is -3.43. The highest BCUT2D eigenvalue weighted by Crippen LogP contribution is 2.30. The number of nitrogens with one attached hydrogen (secondary N) is 1. The molecule has 0 aliphatic rings. The Labute approximate surface area is 184 Å². The lowest BCUT2D eigenvalue weighted by atomic mass is 10.1. The number of amides is 2. The minimum Gasteiger partial charge on any atom is -0.493 e. The van der Waals surface area contributed by atoms with Crippen molar-refractivity contribution >= 4 is 17.5 Å². The van der Waals surface area contributed by atoms with E-state index in [9.17, 15) is 22.8 Å². The third kappa shape index (κ3) is 8.37. The van der Waals surface area contributed by atoms with E-state index in [2.05, 4.69) is 5.32 Å². The molecule has 174 valence electrons. The first-order valence-corrected chi connectivity index (χ1v) is 9.66. The fraction of sp³-hybridized carbons (Fsp3) is 0.364. The molecule has 0 aliphatic heterocycles. The molecule has 2 rings (SSSR count). The maximum atomic E-state index is 12.3. The summed E-state index contributed by atoms with van der Waals surface area (Å²) in [5.74, 6) is 0.234. The third-order valence-corrected chi connectivity index (χ3v) is 4.26. The molecule has 10 heteroatoms. The number of nitrogens with zero attached hydrogens (tertiary/aromatic N) is 1. The van der Waals surface area contributed by atoms with Crippen LogP contribution in [0.3, 0.4) is 0 Å². The number of ether oxygens (including phenoxy) is 3. The first-order valence-electron chi connectivity index (χ1n) is 9.66. The zero-order chi connectivity index (χ0) is 23.7. The molecule has 2 aromatic rings. The van der Waals surface area contributed by atoms with Gasteiger partial charge in [-0.1, -0.05) is 6.07 Å². The van der Waals surface area contributed by atoms with Crippen LogP contribution in [0.2, 0.25) is 0 Å². The van der Waals surface area contributed by atoms with Crippen LogP contribution in [-0.4, -0.2) is 57.3 Å². The van der Waals surface area contributed by atoms with E-state index in [1.807, 2.05) is 0 Å². The van der Waals surface area contributed by atoms with Gasteiger partial charge in [0.15, 0.2) is 24.7 Å². The van der Waals surface area contributed by atoms with Crippen LogP contribution in [0, 0.1) is 0 Å². The quantitative estimate of drug-likeness (QED) is 0.593. The van der Waals surface area contributed by atoms with Gasteiger partial charge < -0.3 is 24.4 Å². The minimum absolute atomic E-state index is 0.0207. The first kappa shape index (κ1) is 24.8. The van der Waals surface area contributed by atoms with E-state index >= 15 is 0 Å². The lowest BCUT2D eigenvalue weighted by molar-refractivity contribution is -0.153. The standard InChI is InChI=1S/C22H25F3N2O5/c1-27(2)21(29)13-31-17-8-6-16(7-9-17)26-20(28)11-5-15-4-10-18(19(12-15)30-3)32-14-22(23,24)25/h4,6-10,12H,5,11,13-14H2,1-3H3,(H,26,28). The number of carbonyl (C=O) groups excluding carboxylic acids is 2. The van der Waals surface area contributed by atoms with E-state index in [0.29, 0.717) is 23.4 Å². The van der Waals surface area contributed by atoms with Crippen LogP contribution in [0.15, 0.2) is 42.5 Å². The van der Waals surface area contributed by atoms with Gasteiger partial charge >= 0.3 is 6.18 Å². The average molecular weight is 454 g/mol. The van der Waals surface area contributed by atoms with E-state index < -0.39 is 12.8 Å². The number of benzene rings is 2. The van der Waals surface area contributed by atoms with Crippen LogP contribution in [0.5, 0.6) is 17.2 Å². The van der Waals surface area contributed by atoms with Gasteiger partial charge in [-0.25, -0.2) is 0 Å². The molecule has 0 aromatic heterocycles. The Morgan fingerprint density at radius 2 is 1.69 bits per heavy atom. The highest BCUT2D eigenvalue weighted by Gasteiger charge is 2.29. The summed E-state index contributed by atoms with van der Waals surface area (Å²) in [7, 11) is 4.60. The van der Waals surface area contributed by atoms with Crippen LogP contribution < -0.4 is 19.5 Å². The van der Waals surface area contributed by atoms with E-state index in [1.165, 1.54) is 18.1 Å². The number of likely N-dealkylation sites (N-methyl/N-ethyl adjacent to an activating group) is 1. The monoisotopic (exact) mass is 454 g/mol. The van der Waals surface area contributed by atoms with Crippen molar-refractivity contribution in [3.8, 4) is 17.2 Å². The number of alkyl halides is 3. The van der Waals surface area contributed by atoms with Gasteiger partial charge in [0.05, 0.1) is 7.11 Å². The molecule has 0 fully saturated rings. The van der Waals surface area contributed by atoms with E-state index in [-0.39, 0.29) is 36.3 Å². The molecule has 0 saturated carbocycles. The molecule has 0 aliphatic carbocycles. The number of hydrogen-bond donors (Lipinski definition) is 1. The third-order valence-electron chi connectivity index (χ3n) is 4.26. The highest BCUT2D eigenvalue weighted by molar-refractivity contribution is 5.90. The molecular weight excluding hydrogens is 429 g/mol. The maximum absolute atomic E-state index is 12.3. The maximum Gasteiger partial charge on any atom is 0.422 e. The lowest BCUT2D eigenvalue weighted by Crippen LogP contribution is -2.27. The average Bonchev–Trinajstić information content (AvgIpc) is 2.75. The van der Waals surface area contributed by atoms with E-state index in [1.54, 1.807) is 50.5 Å². The summed E-state index contributed by atoms with van der Waals surface area (Å²) in [4.78, 5) is 25.2. The molecule has 1 N–H and O–H groups in total. The zero-order valence-corrected chi connectivity index (χ0v) is 18.0. The van der Waals surface area contributed by atoms with Crippen molar-refractivity contribution in [2.45, 2.75) is 19.0 Å². The molecule has 2 aromatic carbocycles. The first-order chi connectivity index (χ1) is 15.1. The molecule has 0 atom stereocenters. The van der Waals surface area contributed by atoms with Gasteiger partial charge in [0.25, 0.3) is 5.91 Å². The number of anilines is 1. The van der Waals surface area contributed by atoms with Gasteiger partial charge in [-0.05, 0) is 48.4 Å². The van der Waals surface area contributed by atoms with Crippen LogP contribution in [0.1, 0.15) is 12.0 Å². The second kappa shape index (κ2) is 11.3. The Morgan fingerprint density at radius 1 is 1.00 bits per heavy atom.